The van der Waals surface area contributed by atoms with Gasteiger partial charge in [-0.25, -0.2) is 0 Å². The molecule has 164 valence electrons. The Hall–Kier alpha value is -3.94. The number of nitrogens with one attached hydrogen (secondary N) is 1. The van der Waals surface area contributed by atoms with Gasteiger partial charge in [-0.2, -0.15) is 9.61 Å². The number of ether oxygens (including phenoxy) is 2. The van der Waals surface area contributed by atoms with E-state index in [1.165, 1.54) is 0 Å². The minimum absolute atomic E-state index is 0.0403. The number of rotatable bonds is 9. The summed E-state index contributed by atoms with van der Waals surface area (Å²) >= 11 is 0. The van der Waals surface area contributed by atoms with Crippen molar-refractivity contribution in [3.63, 3.8) is 0 Å². The number of aryl methyl sites for hydroxylation is 1. The van der Waals surface area contributed by atoms with Crippen molar-refractivity contribution in [2.75, 3.05) is 20.8 Å². The van der Waals surface area contributed by atoms with Gasteiger partial charge in [0.1, 0.15) is 0 Å². The predicted molar refractivity (Wildman–Crippen MR) is 121 cm³/mol. The van der Waals surface area contributed by atoms with E-state index in [0.717, 1.165) is 16.8 Å². The van der Waals surface area contributed by atoms with Crippen LogP contribution in [-0.4, -0.2) is 46.5 Å². The number of hydrogen-bond acceptors (Lipinski definition) is 6. The highest BCUT2D eigenvalue weighted by Crippen LogP contribution is 2.27. The van der Waals surface area contributed by atoms with Crippen molar-refractivity contribution in [2.24, 2.45) is 0 Å². The average Bonchev–Trinajstić information content (AvgIpc) is 3.25. The van der Waals surface area contributed by atoms with Gasteiger partial charge in [0.25, 0.3) is 0 Å². The van der Waals surface area contributed by atoms with Gasteiger partial charge in [0, 0.05) is 24.9 Å². The molecule has 0 radical (unpaired) electrons. The minimum atomic E-state index is -0.0403. The average molecular weight is 431 g/mol. The van der Waals surface area contributed by atoms with Crippen LogP contribution in [0.25, 0.3) is 16.9 Å². The molecule has 8 heteroatoms. The van der Waals surface area contributed by atoms with E-state index in [4.69, 9.17) is 9.47 Å². The molecule has 0 aliphatic carbocycles. The molecular weight excluding hydrogens is 406 g/mol. The number of carbonyl (C=O) groups excluding carboxylic acids is 1. The molecule has 2 aromatic heterocycles. The van der Waals surface area contributed by atoms with Crippen LogP contribution in [0.1, 0.15) is 17.8 Å². The zero-order valence-electron chi connectivity index (χ0n) is 18.1. The molecule has 0 aliphatic heterocycles. The van der Waals surface area contributed by atoms with Gasteiger partial charge in [-0.05, 0) is 36.2 Å². The van der Waals surface area contributed by atoms with Gasteiger partial charge in [-0.15, -0.1) is 10.2 Å². The Kier molecular flexibility index (Phi) is 6.60. The number of benzene rings is 2. The van der Waals surface area contributed by atoms with Crippen molar-refractivity contribution < 1.29 is 14.3 Å². The highest BCUT2D eigenvalue weighted by Gasteiger charge is 2.11. The van der Waals surface area contributed by atoms with Crippen LogP contribution in [0.4, 0.5) is 0 Å². The summed E-state index contributed by atoms with van der Waals surface area (Å²) in [5.41, 5.74) is 3.57. The first kappa shape index (κ1) is 21.3. The van der Waals surface area contributed by atoms with Crippen LogP contribution in [0.5, 0.6) is 11.5 Å². The molecule has 4 rings (SSSR count). The molecule has 0 bridgehead atoms. The van der Waals surface area contributed by atoms with Gasteiger partial charge < -0.3 is 14.8 Å². The summed E-state index contributed by atoms with van der Waals surface area (Å²) in [5, 5.41) is 16.0. The number of amides is 1. The molecule has 0 fully saturated rings. The van der Waals surface area contributed by atoms with Crippen molar-refractivity contribution in [1.29, 1.82) is 0 Å². The molecule has 0 spiro atoms. The first-order valence-corrected chi connectivity index (χ1v) is 10.4. The lowest BCUT2D eigenvalue weighted by atomic mass is 10.1. The third-order valence-corrected chi connectivity index (χ3v) is 5.16. The second-order valence-corrected chi connectivity index (χ2v) is 7.26. The Morgan fingerprint density at radius 1 is 0.938 bits per heavy atom. The summed E-state index contributed by atoms with van der Waals surface area (Å²) < 4.78 is 12.3. The summed E-state index contributed by atoms with van der Waals surface area (Å²) in [7, 11) is 3.21. The topological polar surface area (TPSA) is 90.6 Å². The van der Waals surface area contributed by atoms with E-state index in [-0.39, 0.29) is 5.91 Å². The normalized spacial score (nSPS) is 10.8. The summed E-state index contributed by atoms with van der Waals surface area (Å²) in [6.07, 6.45) is 1.46. The number of methoxy groups -OCH3 is 2. The minimum Gasteiger partial charge on any atom is -0.493 e. The molecule has 8 nitrogen and oxygen atoms in total. The number of fused-ring (bicyclic) bond motifs is 1. The van der Waals surface area contributed by atoms with Crippen molar-refractivity contribution in [2.45, 2.75) is 19.3 Å². The highest BCUT2D eigenvalue weighted by molar-refractivity contribution is 5.76. The Morgan fingerprint density at radius 3 is 2.53 bits per heavy atom. The Morgan fingerprint density at radius 2 is 1.75 bits per heavy atom. The fourth-order valence-electron chi connectivity index (χ4n) is 3.45. The first-order chi connectivity index (χ1) is 15.7. The molecule has 0 saturated carbocycles. The molecule has 0 saturated heterocycles. The Labute approximate surface area is 186 Å². The van der Waals surface area contributed by atoms with Gasteiger partial charge >= 0.3 is 0 Å². The Bertz CT molecular complexity index is 1210. The van der Waals surface area contributed by atoms with E-state index in [9.17, 15) is 4.79 Å². The van der Waals surface area contributed by atoms with E-state index >= 15 is 0 Å². The maximum Gasteiger partial charge on any atom is 0.220 e. The molecule has 32 heavy (non-hydrogen) atoms. The Balaban J connectivity index is 1.33. The van der Waals surface area contributed by atoms with Crippen molar-refractivity contribution in [3.8, 4) is 22.8 Å². The van der Waals surface area contributed by atoms with E-state index < -0.39 is 0 Å². The van der Waals surface area contributed by atoms with Crippen LogP contribution >= 0.6 is 0 Å². The largest absolute Gasteiger partial charge is 0.493 e. The van der Waals surface area contributed by atoms with Crippen LogP contribution in [0.2, 0.25) is 0 Å². The molecular formula is C24H25N5O3. The standard InChI is InChI=1S/C24H25N5O3/c1-31-20-10-8-17(16-21(20)32-2)14-15-25-24(30)13-12-23-27-26-22-11-9-19(28-29(22)23)18-6-4-3-5-7-18/h3-11,16H,12-15H2,1-2H3,(H,25,30). The predicted octanol–water partition coefficient (Wildman–Crippen LogP) is 3.10. The van der Waals surface area contributed by atoms with Crippen molar-refractivity contribution in [1.82, 2.24) is 25.1 Å². The summed E-state index contributed by atoms with van der Waals surface area (Å²) in [6.45, 7) is 0.533. The maximum absolute atomic E-state index is 12.3. The smallest absolute Gasteiger partial charge is 0.220 e. The van der Waals surface area contributed by atoms with Crippen molar-refractivity contribution in [3.05, 3.63) is 72.1 Å². The zero-order chi connectivity index (χ0) is 22.3. The van der Waals surface area contributed by atoms with Crippen LogP contribution in [0.15, 0.2) is 60.7 Å². The lowest BCUT2D eigenvalue weighted by molar-refractivity contribution is -0.121. The molecule has 0 unspecified atom stereocenters. The molecule has 0 atom stereocenters. The van der Waals surface area contributed by atoms with Crippen LogP contribution in [-0.2, 0) is 17.6 Å². The number of aromatic nitrogens is 4. The molecule has 4 aromatic rings. The number of hydrogen-bond donors (Lipinski definition) is 1. The highest BCUT2D eigenvalue weighted by atomic mass is 16.5. The molecule has 1 amide bonds. The first-order valence-electron chi connectivity index (χ1n) is 10.4. The monoisotopic (exact) mass is 431 g/mol. The van der Waals surface area contributed by atoms with Gasteiger partial charge in [0.05, 0.1) is 19.9 Å². The summed E-state index contributed by atoms with van der Waals surface area (Å²) in [4.78, 5) is 12.3. The van der Waals surface area contributed by atoms with Crippen LogP contribution in [0.3, 0.4) is 0 Å². The fraction of sp³-hybridized carbons (Fsp3) is 0.250. The summed E-state index contributed by atoms with van der Waals surface area (Å²) in [5.74, 6) is 1.98. The second kappa shape index (κ2) is 9.91. The van der Waals surface area contributed by atoms with E-state index in [2.05, 4.69) is 20.6 Å². The van der Waals surface area contributed by atoms with Gasteiger partial charge in [-0.3, -0.25) is 4.79 Å². The van der Waals surface area contributed by atoms with Gasteiger partial charge in [0.2, 0.25) is 5.91 Å². The number of carbonyl (C=O) groups is 1. The quantitative estimate of drug-likeness (QED) is 0.438. The third kappa shape index (κ3) is 4.85. The summed E-state index contributed by atoms with van der Waals surface area (Å²) in [6, 6.07) is 19.5. The fourth-order valence-corrected chi connectivity index (χ4v) is 3.45. The van der Waals surface area contributed by atoms with E-state index in [1.54, 1.807) is 18.7 Å². The SMILES string of the molecule is COc1ccc(CCNC(=O)CCc2nnc3ccc(-c4ccccc4)nn23)cc1OC. The zero-order valence-corrected chi connectivity index (χ0v) is 18.1. The molecule has 1 N–H and O–H groups in total. The third-order valence-electron chi connectivity index (χ3n) is 5.16. The second-order valence-electron chi connectivity index (χ2n) is 7.26. The van der Waals surface area contributed by atoms with Gasteiger partial charge in [0.15, 0.2) is 23.0 Å². The molecule has 2 heterocycles. The lowest BCUT2D eigenvalue weighted by Crippen LogP contribution is -2.26. The van der Waals surface area contributed by atoms with Crippen LogP contribution < -0.4 is 14.8 Å². The molecule has 0 aliphatic rings. The van der Waals surface area contributed by atoms with Crippen molar-refractivity contribution >= 4 is 11.6 Å². The van der Waals surface area contributed by atoms with Gasteiger partial charge in [-0.1, -0.05) is 36.4 Å². The molecule has 2 aromatic carbocycles. The number of nitrogens with zero attached hydrogens (tertiary/aromatic N) is 4. The van der Waals surface area contributed by atoms with Crippen LogP contribution in [0, 0.1) is 0 Å². The maximum atomic E-state index is 12.3. The van der Waals surface area contributed by atoms with E-state index in [0.29, 0.717) is 48.8 Å². The van der Waals surface area contributed by atoms with E-state index in [1.807, 2.05) is 60.7 Å². The lowest BCUT2D eigenvalue weighted by Gasteiger charge is -2.10.